The zero-order valence-electron chi connectivity index (χ0n) is 15.4. The average Bonchev–Trinajstić information content (AvgIpc) is 2.68. The van der Waals surface area contributed by atoms with Crippen LogP contribution in [-0.2, 0) is 27.2 Å². The van der Waals surface area contributed by atoms with Crippen molar-refractivity contribution in [2.75, 3.05) is 6.61 Å². The zero-order chi connectivity index (χ0) is 19.9. The highest BCUT2D eigenvalue weighted by Crippen LogP contribution is 2.31. The lowest BCUT2D eigenvalue weighted by Gasteiger charge is -2.29. The second kappa shape index (κ2) is 8.78. The van der Waals surface area contributed by atoms with E-state index >= 15 is 0 Å². The van der Waals surface area contributed by atoms with E-state index in [4.69, 9.17) is 15.3 Å². The predicted molar refractivity (Wildman–Crippen MR) is 99.5 cm³/mol. The molecular formula is C22H20N2O3. The molecule has 0 saturated heterocycles. The van der Waals surface area contributed by atoms with Crippen LogP contribution in [0.4, 0.5) is 0 Å². The summed E-state index contributed by atoms with van der Waals surface area (Å²) in [6, 6.07) is 17.7. The molecular weight excluding hydrogens is 340 g/mol. The Morgan fingerprint density at radius 3 is 1.59 bits per heavy atom. The van der Waals surface area contributed by atoms with Crippen LogP contribution in [0, 0.1) is 28.1 Å². The third-order valence-corrected chi connectivity index (χ3v) is 4.52. The number of rotatable bonds is 7. The third-order valence-electron chi connectivity index (χ3n) is 4.52. The highest BCUT2D eigenvalue weighted by atomic mass is 16.5. The maximum absolute atomic E-state index is 12.8. The van der Waals surface area contributed by atoms with Crippen molar-refractivity contribution in [2.24, 2.45) is 5.41 Å². The van der Waals surface area contributed by atoms with Gasteiger partial charge in [-0.15, -0.1) is 0 Å². The first-order valence-corrected chi connectivity index (χ1v) is 8.61. The first-order chi connectivity index (χ1) is 12.9. The summed E-state index contributed by atoms with van der Waals surface area (Å²) >= 11 is 0. The number of ether oxygens (including phenoxy) is 1. The van der Waals surface area contributed by atoms with Gasteiger partial charge in [0.1, 0.15) is 11.2 Å². The molecule has 136 valence electrons. The van der Waals surface area contributed by atoms with Gasteiger partial charge in [0.15, 0.2) is 0 Å². The number of carbonyl (C=O) groups excluding carboxylic acids is 2. The van der Waals surface area contributed by atoms with E-state index in [0.717, 1.165) is 11.1 Å². The molecule has 0 N–H and O–H groups in total. The summed E-state index contributed by atoms with van der Waals surface area (Å²) in [7, 11) is 0. The highest BCUT2D eigenvalue weighted by molar-refractivity contribution is 6.03. The molecule has 0 fully saturated rings. The lowest BCUT2D eigenvalue weighted by molar-refractivity contribution is -0.159. The Kier molecular flexibility index (Phi) is 6.46. The molecule has 0 aliphatic rings. The van der Waals surface area contributed by atoms with Gasteiger partial charge in [0.25, 0.3) is 0 Å². The maximum Gasteiger partial charge on any atom is 0.320 e. The Morgan fingerprint density at radius 2 is 1.30 bits per heavy atom. The fourth-order valence-corrected chi connectivity index (χ4v) is 2.96. The first-order valence-electron chi connectivity index (χ1n) is 8.61. The van der Waals surface area contributed by atoms with Crippen LogP contribution in [0.25, 0.3) is 0 Å². The lowest BCUT2D eigenvalue weighted by atomic mass is 9.73. The summed E-state index contributed by atoms with van der Waals surface area (Å²) in [6.45, 7) is 3.27. The van der Waals surface area contributed by atoms with Crippen LogP contribution in [0.2, 0.25) is 0 Å². The van der Waals surface area contributed by atoms with Crippen LogP contribution in [0.1, 0.15) is 36.1 Å². The molecule has 0 aromatic heterocycles. The van der Waals surface area contributed by atoms with Crippen molar-refractivity contribution in [2.45, 2.75) is 26.7 Å². The summed E-state index contributed by atoms with van der Waals surface area (Å²) in [5, 5.41) is 17.9. The topological polar surface area (TPSA) is 90.9 Å². The molecule has 5 heteroatoms. The summed E-state index contributed by atoms with van der Waals surface area (Å²) in [4.78, 5) is 25.4. The van der Waals surface area contributed by atoms with E-state index in [1.807, 2.05) is 12.1 Å². The van der Waals surface area contributed by atoms with Crippen molar-refractivity contribution in [3.63, 3.8) is 0 Å². The number of hydrogen-bond donors (Lipinski definition) is 0. The minimum absolute atomic E-state index is 0.173. The normalized spacial score (nSPS) is 10.5. The predicted octanol–water partition coefficient (Wildman–Crippen LogP) is 3.35. The number of esters is 1. The molecule has 0 amide bonds. The average molecular weight is 360 g/mol. The molecule has 0 spiro atoms. The minimum atomic E-state index is -1.36. The smallest absolute Gasteiger partial charge is 0.320 e. The van der Waals surface area contributed by atoms with Gasteiger partial charge in [-0.1, -0.05) is 24.3 Å². The molecule has 2 rings (SSSR count). The summed E-state index contributed by atoms with van der Waals surface area (Å²) in [6.07, 6.45) is 0.347. The number of carbonyl (C=O) groups is 2. The van der Waals surface area contributed by atoms with Crippen molar-refractivity contribution < 1.29 is 14.3 Å². The maximum atomic E-state index is 12.8. The van der Waals surface area contributed by atoms with Gasteiger partial charge in [0.05, 0.1) is 29.9 Å². The highest BCUT2D eigenvalue weighted by Gasteiger charge is 2.44. The van der Waals surface area contributed by atoms with Crippen LogP contribution in [0.15, 0.2) is 48.5 Å². The van der Waals surface area contributed by atoms with Gasteiger partial charge >= 0.3 is 5.97 Å². The summed E-state index contributed by atoms with van der Waals surface area (Å²) in [5.41, 5.74) is 1.20. The van der Waals surface area contributed by atoms with Gasteiger partial charge in [-0.2, -0.15) is 10.5 Å². The number of ketones is 1. The van der Waals surface area contributed by atoms with Gasteiger partial charge in [-0.05, 0) is 62.1 Å². The second-order valence-corrected chi connectivity index (χ2v) is 6.33. The van der Waals surface area contributed by atoms with Crippen molar-refractivity contribution in [3.05, 3.63) is 70.8 Å². The fourth-order valence-electron chi connectivity index (χ4n) is 2.96. The van der Waals surface area contributed by atoms with Crippen LogP contribution in [0.3, 0.4) is 0 Å². The summed E-state index contributed by atoms with van der Waals surface area (Å²) in [5.74, 6) is -0.846. The molecule has 2 aromatic carbocycles. The third kappa shape index (κ3) is 4.59. The Labute approximate surface area is 158 Å². The van der Waals surface area contributed by atoms with Crippen LogP contribution in [0.5, 0.6) is 0 Å². The number of benzene rings is 2. The van der Waals surface area contributed by atoms with E-state index in [1.165, 1.54) is 6.92 Å². The molecule has 5 nitrogen and oxygen atoms in total. The molecule has 0 aliphatic carbocycles. The van der Waals surface area contributed by atoms with E-state index in [0.29, 0.717) is 11.1 Å². The quantitative estimate of drug-likeness (QED) is 0.558. The van der Waals surface area contributed by atoms with Crippen LogP contribution < -0.4 is 0 Å². The largest absolute Gasteiger partial charge is 0.465 e. The molecule has 0 radical (unpaired) electrons. The Morgan fingerprint density at radius 1 is 0.889 bits per heavy atom. The SMILES string of the molecule is CCOC(=O)C(Cc1ccc(C#N)cc1)(Cc1ccc(C#N)cc1)C(C)=O. The fraction of sp³-hybridized carbons (Fsp3) is 0.273. The molecule has 2 aromatic rings. The molecule has 0 bridgehead atoms. The molecule has 0 unspecified atom stereocenters. The number of nitrogens with zero attached hydrogens (tertiary/aromatic N) is 2. The second-order valence-electron chi connectivity index (χ2n) is 6.33. The van der Waals surface area contributed by atoms with Crippen molar-refractivity contribution >= 4 is 11.8 Å². The lowest BCUT2D eigenvalue weighted by Crippen LogP contribution is -2.43. The number of hydrogen-bond acceptors (Lipinski definition) is 5. The van der Waals surface area contributed by atoms with Gasteiger partial charge in [0.2, 0.25) is 0 Å². The van der Waals surface area contributed by atoms with E-state index in [-0.39, 0.29) is 25.2 Å². The van der Waals surface area contributed by atoms with Gasteiger partial charge in [-0.3, -0.25) is 9.59 Å². The molecule has 0 heterocycles. The van der Waals surface area contributed by atoms with Gasteiger partial charge in [-0.25, -0.2) is 0 Å². The molecule has 0 saturated carbocycles. The first kappa shape index (κ1) is 19.9. The van der Waals surface area contributed by atoms with E-state index in [1.54, 1.807) is 55.5 Å². The Hall–Kier alpha value is -3.44. The minimum Gasteiger partial charge on any atom is -0.465 e. The molecule has 0 aliphatic heterocycles. The standard InChI is InChI=1S/C22H20N2O3/c1-3-27-21(26)22(16(2)25,12-17-4-8-19(14-23)9-5-17)13-18-6-10-20(15-24)11-7-18/h4-11H,3,12-13H2,1-2H3. The van der Waals surface area contributed by atoms with Gasteiger partial charge < -0.3 is 4.74 Å². The van der Waals surface area contributed by atoms with E-state index in [2.05, 4.69) is 0 Å². The number of Topliss-reactive ketones (excluding diaryl/α,β-unsaturated/α-hetero) is 1. The van der Waals surface area contributed by atoms with E-state index < -0.39 is 11.4 Å². The van der Waals surface area contributed by atoms with Crippen LogP contribution >= 0.6 is 0 Å². The monoisotopic (exact) mass is 360 g/mol. The Balaban J connectivity index is 2.44. The van der Waals surface area contributed by atoms with Crippen molar-refractivity contribution in [1.82, 2.24) is 0 Å². The molecule has 0 atom stereocenters. The summed E-state index contributed by atoms with van der Waals surface area (Å²) < 4.78 is 5.24. The Bertz CT molecular complexity index is 841. The van der Waals surface area contributed by atoms with Crippen LogP contribution in [-0.4, -0.2) is 18.4 Å². The van der Waals surface area contributed by atoms with Crippen molar-refractivity contribution in [1.29, 1.82) is 10.5 Å². The number of nitriles is 2. The molecule has 27 heavy (non-hydrogen) atoms. The zero-order valence-corrected chi connectivity index (χ0v) is 15.4. The van der Waals surface area contributed by atoms with E-state index in [9.17, 15) is 9.59 Å². The van der Waals surface area contributed by atoms with Crippen molar-refractivity contribution in [3.8, 4) is 12.1 Å². The van der Waals surface area contributed by atoms with Gasteiger partial charge in [0, 0.05) is 0 Å².